The van der Waals surface area contributed by atoms with Crippen molar-refractivity contribution in [2.45, 2.75) is 6.92 Å². The summed E-state index contributed by atoms with van der Waals surface area (Å²) in [7, 11) is 0. The molecule has 0 aliphatic carbocycles. The van der Waals surface area contributed by atoms with Gasteiger partial charge in [-0.25, -0.2) is 0 Å². The molecule has 7 heteroatoms. The topological polar surface area (TPSA) is 94.9 Å². The Bertz CT molecular complexity index is 531. The molecule has 0 fully saturated rings. The molecule has 1 aromatic carbocycles. The highest BCUT2D eigenvalue weighted by atomic mass is 35.5. The number of carbonyl (C=O) groups is 3. The molecular weight excluding hydrogens is 286 g/mol. The Labute approximate surface area is 120 Å². The van der Waals surface area contributed by atoms with Crippen molar-refractivity contribution in [3.63, 3.8) is 0 Å². The largest absolute Gasteiger partial charge is 0.481 e. The zero-order chi connectivity index (χ0) is 15.3. The van der Waals surface area contributed by atoms with Crippen LogP contribution >= 0.6 is 11.6 Å². The van der Waals surface area contributed by atoms with Gasteiger partial charge in [0, 0.05) is 6.54 Å². The van der Waals surface area contributed by atoms with Crippen LogP contribution in [-0.2, 0) is 9.59 Å². The summed E-state index contributed by atoms with van der Waals surface area (Å²) in [6.07, 6.45) is 0. The third-order valence-electron chi connectivity index (χ3n) is 2.63. The Hall–Kier alpha value is -2.08. The summed E-state index contributed by atoms with van der Waals surface area (Å²) in [5, 5.41) is 17.9. The molecular formula is C13H14ClNO5. The third-order valence-corrected chi connectivity index (χ3v) is 2.96. The average Bonchev–Trinajstić information content (AvgIpc) is 2.37. The van der Waals surface area contributed by atoms with Crippen molar-refractivity contribution in [1.29, 1.82) is 0 Å². The van der Waals surface area contributed by atoms with Gasteiger partial charge in [-0.1, -0.05) is 30.7 Å². The van der Waals surface area contributed by atoms with Crippen LogP contribution in [-0.4, -0.2) is 46.0 Å². The maximum absolute atomic E-state index is 12.2. The van der Waals surface area contributed by atoms with Crippen molar-refractivity contribution in [2.24, 2.45) is 5.92 Å². The first-order valence-electron chi connectivity index (χ1n) is 5.81. The van der Waals surface area contributed by atoms with Gasteiger partial charge in [0.2, 0.25) is 0 Å². The SMILES string of the molecule is CC(CN(CC(=O)O)C(=O)c1ccccc1Cl)C(=O)O. The van der Waals surface area contributed by atoms with E-state index in [0.717, 1.165) is 4.90 Å². The van der Waals surface area contributed by atoms with E-state index < -0.39 is 30.3 Å². The van der Waals surface area contributed by atoms with E-state index in [-0.39, 0.29) is 17.1 Å². The second-order valence-electron chi connectivity index (χ2n) is 4.30. The maximum atomic E-state index is 12.2. The fourth-order valence-electron chi connectivity index (χ4n) is 1.60. The van der Waals surface area contributed by atoms with Crippen molar-refractivity contribution in [3.05, 3.63) is 34.9 Å². The number of hydrogen-bond donors (Lipinski definition) is 2. The van der Waals surface area contributed by atoms with Gasteiger partial charge < -0.3 is 15.1 Å². The van der Waals surface area contributed by atoms with Gasteiger partial charge in [-0.2, -0.15) is 0 Å². The van der Waals surface area contributed by atoms with Gasteiger partial charge in [0.25, 0.3) is 5.91 Å². The average molecular weight is 300 g/mol. The highest BCUT2D eigenvalue weighted by molar-refractivity contribution is 6.33. The molecule has 20 heavy (non-hydrogen) atoms. The summed E-state index contributed by atoms with van der Waals surface area (Å²) in [4.78, 5) is 34.8. The lowest BCUT2D eigenvalue weighted by atomic mass is 10.1. The van der Waals surface area contributed by atoms with E-state index in [2.05, 4.69) is 0 Å². The van der Waals surface area contributed by atoms with Crippen LogP contribution < -0.4 is 0 Å². The van der Waals surface area contributed by atoms with E-state index in [9.17, 15) is 14.4 Å². The lowest BCUT2D eigenvalue weighted by Crippen LogP contribution is -2.40. The molecule has 0 aromatic heterocycles. The van der Waals surface area contributed by atoms with Crippen LogP contribution in [0.2, 0.25) is 5.02 Å². The molecule has 0 aliphatic heterocycles. The number of carboxylic acid groups (broad SMARTS) is 2. The first kappa shape index (κ1) is 16.0. The number of nitrogens with zero attached hydrogens (tertiary/aromatic N) is 1. The molecule has 108 valence electrons. The van der Waals surface area contributed by atoms with Gasteiger partial charge in [0.15, 0.2) is 0 Å². The zero-order valence-corrected chi connectivity index (χ0v) is 11.5. The first-order chi connectivity index (χ1) is 9.32. The Morgan fingerprint density at radius 2 is 1.85 bits per heavy atom. The van der Waals surface area contributed by atoms with E-state index in [1.165, 1.54) is 19.1 Å². The van der Waals surface area contributed by atoms with Gasteiger partial charge in [-0.15, -0.1) is 0 Å². The van der Waals surface area contributed by atoms with Crippen molar-refractivity contribution in [2.75, 3.05) is 13.1 Å². The normalized spacial score (nSPS) is 11.7. The number of carboxylic acids is 2. The number of amides is 1. The minimum atomic E-state index is -1.22. The maximum Gasteiger partial charge on any atom is 0.323 e. The van der Waals surface area contributed by atoms with E-state index in [4.69, 9.17) is 21.8 Å². The Balaban J connectivity index is 2.98. The zero-order valence-electron chi connectivity index (χ0n) is 10.7. The molecule has 0 radical (unpaired) electrons. The minimum Gasteiger partial charge on any atom is -0.481 e. The molecule has 0 spiro atoms. The molecule has 2 N–H and O–H groups in total. The summed E-state index contributed by atoms with van der Waals surface area (Å²) in [6.45, 7) is 0.616. The lowest BCUT2D eigenvalue weighted by molar-refractivity contribution is -0.143. The molecule has 0 saturated carbocycles. The number of halogens is 1. The number of rotatable bonds is 6. The van der Waals surface area contributed by atoms with Crippen LogP contribution in [0.1, 0.15) is 17.3 Å². The first-order valence-corrected chi connectivity index (χ1v) is 6.19. The second-order valence-corrected chi connectivity index (χ2v) is 4.71. The Kier molecular flexibility index (Phi) is 5.52. The minimum absolute atomic E-state index is 0.146. The summed E-state index contributed by atoms with van der Waals surface area (Å²) in [6, 6.07) is 6.21. The Morgan fingerprint density at radius 3 is 2.35 bits per heavy atom. The molecule has 0 bridgehead atoms. The fraction of sp³-hybridized carbons (Fsp3) is 0.308. The van der Waals surface area contributed by atoms with Crippen LogP contribution in [0.3, 0.4) is 0 Å². The van der Waals surface area contributed by atoms with E-state index in [0.29, 0.717) is 0 Å². The summed E-state index contributed by atoms with van der Waals surface area (Å²) < 4.78 is 0. The van der Waals surface area contributed by atoms with Crippen LogP contribution in [0.25, 0.3) is 0 Å². The van der Waals surface area contributed by atoms with Crippen molar-refractivity contribution in [1.82, 2.24) is 4.90 Å². The quantitative estimate of drug-likeness (QED) is 0.831. The monoisotopic (exact) mass is 299 g/mol. The number of aliphatic carboxylic acids is 2. The molecule has 0 aliphatic rings. The predicted molar refractivity (Wildman–Crippen MR) is 71.8 cm³/mol. The van der Waals surface area contributed by atoms with Crippen LogP contribution in [0.5, 0.6) is 0 Å². The van der Waals surface area contributed by atoms with Gasteiger partial charge in [0.05, 0.1) is 16.5 Å². The van der Waals surface area contributed by atoms with Gasteiger partial charge >= 0.3 is 11.9 Å². The predicted octanol–water partition coefficient (Wildman–Crippen LogP) is 1.59. The van der Waals surface area contributed by atoms with Gasteiger partial charge in [0.1, 0.15) is 6.54 Å². The molecule has 6 nitrogen and oxygen atoms in total. The lowest BCUT2D eigenvalue weighted by Gasteiger charge is -2.23. The van der Waals surface area contributed by atoms with Crippen LogP contribution in [0, 0.1) is 5.92 Å². The Morgan fingerprint density at radius 1 is 1.25 bits per heavy atom. The smallest absolute Gasteiger partial charge is 0.323 e. The number of carbonyl (C=O) groups excluding carboxylic acids is 1. The van der Waals surface area contributed by atoms with Crippen LogP contribution in [0.15, 0.2) is 24.3 Å². The third kappa shape index (κ3) is 4.24. The van der Waals surface area contributed by atoms with E-state index >= 15 is 0 Å². The van der Waals surface area contributed by atoms with Crippen molar-refractivity contribution in [3.8, 4) is 0 Å². The second kappa shape index (κ2) is 6.91. The molecule has 0 heterocycles. The van der Waals surface area contributed by atoms with E-state index in [1.54, 1.807) is 12.1 Å². The molecule has 1 amide bonds. The molecule has 0 saturated heterocycles. The molecule has 1 rings (SSSR count). The molecule has 1 atom stereocenters. The standard InChI is InChI=1S/C13H14ClNO5/c1-8(13(19)20)6-15(7-11(16)17)12(18)9-4-2-3-5-10(9)14/h2-5,8H,6-7H2,1H3,(H,16,17)(H,19,20). The fourth-order valence-corrected chi connectivity index (χ4v) is 1.81. The summed E-state index contributed by atoms with van der Waals surface area (Å²) in [5.41, 5.74) is 0.146. The number of hydrogen-bond acceptors (Lipinski definition) is 3. The van der Waals surface area contributed by atoms with Gasteiger partial charge in [-0.3, -0.25) is 14.4 Å². The summed E-state index contributed by atoms with van der Waals surface area (Å²) >= 11 is 5.89. The highest BCUT2D eigenvalue weighted by Gasteiger charge is 2.24. The molecule has 1 unspecified atom stereocenters. The highest BCUT2D eigenvalue weighted by Crippen LogP contribution is 2.17. The number of benzene rings is 1. The van der Waals surface area contributed by atoms with Crippen molar-refractivity contribution < 1.29 is 24.6 Å². The van der Waals surface area contributed by atoms with Crippen LogP contribution in [0.4, 0.5) is 0 Å². The summed E-state index contributed by atoms with van der Waals surface area (Å²) in [5.74, 6) is -3.80. The van der Waals surface area contributed by atoms with Gasteiger partial charge in [-0.05, 0) is 12.1 Å². The van der Waals surface area contributed by atoms with E-state index in [1.807, 2.05) is 0 Å². The van der Waals surface area contributed by atoms with Crippen molar-refractivity contribution >= 4 is 29.4 Å². The molecule has 1 aromatic rings.